The van der Waals surface area contributed by atoms with E-state index in [1.807, 2.05) is 33.0 Å². The fraction of sp³-hybridized carbons (Fsp3) is 0.632. The summed E-state index contributed by atoms with van der Waals surface area (Å²) in [6, 6.07) is 8.85. The fourth-order valence-corrected chi connectivity index (χ4v) is 3.12. The summed E-state index contributed by atoms with van der Waals surface area (Å²) >= 11 is 0. The Morgan fingerprint density at radius 2 is 2.04 bits per heavy atom. The first-order valence-electron chi connectivity index (χ1n) is 9.06. The molecule has 2 rings (SSSR count). The Hall–Kier alpha value is -1.75. The lowest BCUT2D eigenvalue weighted by molar-refractivity contribution is 0.242. The monoisotopic (exact) mass is 332 g/mol. The van der Waals surface area contributed by atoms with Crippen LogP contribution in [0.4, 0.5) is 0 Å². The van der Waals surface area contributed by atoms with Crippen LogP contribution in [0.3, 0.4) is 0 Å². The van der Waals surface area contributed by atoms with Gasteiger partial charge in [-0.1, -0.05) is 19.1 Å². The predicted molar refractivity (Wildman–Crippen MR) is 101 cm³/mol. The number of nitrogens with zero attached hydrogens (tertiary/aromatic N) is 2. The van der Waals surface area contributed by atoms with Crippen molar-refractivity contribution < 1.29 is 4.74 Å². The van der Waals surface area contributed by atoms with Crippen LogP contribution in [0.15, 0.2) is 29.3 Å². The van der Waals surface area contributed by atoms with Gasteiger partial charge in [0.2, 0.25) is 0 Å². The molecular weight excluding hydrogens is 300 g/mol. The zero-order chi connectivity index (χ0) is 17.4. The smallest absolute Gasteiger partial charge is 0.191 e. The summed E-state index contributed by atoms with van der Waals surface area (Å²) in [4.78, 5) is 6.86. The Morgan fingerprint density at radius 1 is 1.29 bits per heavy atom. The third kappa shape index (κ3) is 5.71. The van der Waals surface area contributed by atoms with Gasteiger partial charge in [0.1, 0.15) is 5.75 Å². The van der Waals surface area contributed by atoms with Crippen molar-refractivity contribution in [3.63, 3.8) is 0 Å². The second kappa shape index (κ2) is 9.52. The van der Waals surface area contributed by atoms with Gasteiger partial charge in [0.15, 0.2) is 5.96 Å². The Labute approximate surface area is 146 Å². The van der Waals surface area contributed by atoms with Crippen molar-refractivity contribution in [1.82, 2.24) is 15.5 Å². The van der Waals surface area contributed by atoms with Crippen LogP contribution in [-0.2, 0) is 6.54 Å². The number of rotatable bonds is 7. The second-order valence-electron chi connectivity index (χ2n) is 6.54. The summed E-state index contributed by atoms with van der Waals surface area (Å²) in [6.07, 6.45) is 2.78. The maximum Gasteiger partial charge on any atom is 0.191 e. The van der Waals surface area contributed by atoms with Gasteiger partial charge >= 0.3 is 0 Å². The minimum absolute atomic E-state index is 0.204. The molecule has 1 aliphatic rings. The van der Waals surface area contributed by atoms with E-state index in [2.05, 4.69) is 39.6 Å². The first-order valence-corrected chi connectivity index (χ1v) is 9.06. The van der Waals surface area contributed by atoms with E-state index in [9.17, 15) is 0 Å². The maximum absolute atomic E-state index is 5.67. The minimum Gasteiger partial charge on any atom is -0.491 e. The molecule has 1 saturated heterocycles. The largest absolute Gasteiger partial charge is 0.491 e. The van der Waals surface area contributed by atoms with Crippen LogP contribution in [0, 0.1) is 0 Å². The molecule has 134 valence electrons. The fourth-order valence-electron chi connectivity index (χ4n) is 3.12. The topological polar surface area (TPSA) is 48.9 Å². The van der Waals surface area contributed by atoms with Gasteiger partial charge in [0.25, 0.3) is 0 Å². The lowest BCUT2D eigenvalue weighted by Crippen LogP contribution is -2.44. The Balaban J connectivity index is 1.77. The average Bonchev–Trinajstić information content (AvgIpc) is 3.03. The number of guanidine groups is 1. The second-order valence-corrected chi connectivity index (χ2v) is 6.54. The van der Waals surface area contributed by atoms with E-state index < -0.39 is 0 Å². The molecule has 0 bridgehead atoms. The van der Waals surface area contributed by atoms with Crippen molar-refractivity contribution in [3.05, 3.63) is 29.8 Å². The quantitative estimate of drug-likeness (QED) is 0.595. The number of hydrogen-bond acceptors (Lipinski definition) is 3. The lowest BCUT2D eigenvalue weighted by atomic mass is 10.2. The molecule has 0 radical (unpaired) electrons. The van der Waals surface area contributed by atoms with Gasteiger partial charge in [0.05, 0.1) is 6.10 Å². The number of aliphatic imine (C=N–C) groups is 1. The van der Waals surface area contributed by atoms with Crippen LogP contribution in [-0.4, -0.2) is 49.7 Å². The third-order valence-electron chi connectivity index (χ3n) is 4.39. The molecule has 1 atom stereocenters. The molecule has 0 spiro atoms. The molecule has 1 aromatic carbocycles. The van der Waals surface area contributed by atoms with Crippen LogP contribution >= 0.6 is 0 Å². The highest BCUT2D eigenvalue weighted by Gasteiger charge is 2.22. The van der Waals surface area contributed by atoms with Crippen molar-refractivity contribution in [1.29, 1.82) is 0 Å². The summed E-state index contributed by atoms with van der Waals surface area (Å²) in [5, 5.41) is 6.84. The molecule has 1 heterocycles. The van der Waals surface area contributed by atoms with Crippen molar-refractivity contribution >= 4 is 5.96 Å². The molecular formula is C19H32N4O. The summed E-state index contributed by atoms with van der Waals surface area (Å²) in [7, 11) is 1.82. The molecule has 1 aromatic rings. The summed E-state index contributed by atoms with van der Waals surface area (Å²) in [6.45, 7) is 10.4. The Bertz CT molecular complexity index is 513. The van der Waals surface area contributed by atoms with Crippen LogP contribution in [0.2, 0.25) is 0 Å². The molecule has 5 heteroatoms. The Kier molecular flexibility index (Phi) is 7.37. The molecule has 1 fully saturated rings. The number of nitrogens with one attached hydrogen (secondary N) is 2. The van der Waals surface area contributed by atoms with Crippen LogP contribution in [0.1, 0.15) is 39.2 Å². The van der Waals surface area contributed by atoms with E-state index in [0.717, 1.165) is 31.3 Å². The number of likely N-dealkylation sites (N-methyl/N-ethyl adjacent to an activating group) is 1. The molecule has 24 heavy (non-hydrogen) atoms. The standard InChI is InChI=1S/C19H32N4O/c1-5-23-12-6-7-17(23)14-22-19(20-4)21-13-16-8-10-18(11-9-16)24-15(2)3/h8-11,15,17H,5-7,12-14H2,1-4H3,(H2,20,21,22). The highest BCUT2D eigenvalue weighted by atomic mass is 16.5. The van der Waals surface area contributed by atoms with Crippen LogP contribution < -0.4 is 15.4 Å². The minimum atomic E-state index is 0.204. The first kappa shape index (κ1) is 18.6. The number of hydrogen-bond donors (Lipinski definition) is 2. The van der Waals surface area contributed by atoms with E-state index in [4.69, 9.17) is 4.74 Å². The molecule has 0 saturated carbocycles. The molecule has 5 nitrogen and oxygen atoms in total. The van der Waals surface area contributed by atoms with E-state index in [0.29, 0.717) is 6.04 Å². The number of benzene rings is 1. The molecule has 2 N–H and O–H groups in total. The van der Waals surface area contributed by atoms with Crippen molar-refractivity contribution in [2.45, 2.75) is 52.3 Å². The van der Waals surface area contributed by atoms with E-state index >= 15 is 0 Å². The van der Waals surface area contributed by atoms with Gasteiger partial charge in [-0.2, -0.15) is 0 Å². The Morgan fingerprint density at radius 3 is 2.67 bits per heavy atom. The van der Waals surface area contributed by atoms with E-state index in [1.165, 1.54) is 24.9 Å². The van der Waals surface area contributed by atoms with Gasteiger partial charge in [-0.25, -0.2) is 0 Å². The van der Waals surface area contributed by atoms with Crippen molar-refractivity contribution in [3.8, 4) is 5.75 Å². The van der Waals surface area contributed by atoms with E-state index in [1.54, 1.807) is 0 Å². The zero-order valence-electron chi connectivity index (χ0n) is 15.5. The van der Waals surface area contributed by atoms with Gasteiger partial charge in [0, 0.05) is 26.2 Å². The molecule has 1 aliphatic heterocycles. The van der Waals surface area contributed by atoms with Crippen molar-refractivity contribution in [2.75, 3.05) is 26.7 Å². The third-order valence-corrected chi connectivity index (χ3v) is 4.39. The summed E-state index contributed by atoms with van der Waals surface area (Å²) < 4.78 is 5.67. The van der Waals surface area contributed by atoms with E-state index in [-0.39, 0.29) is 6.10 Å². The summed E-state index contributed by atoms with van der Waals surface area (Å²) in [5.41, 5.74) is 1.21. The highest BCUT2D eigenvalue weighted by molar-refractivity contribution is 5.79. The molecule has 1 unspecified atom stereocenters. The molecule has 0 aromatic heterocycles. The maximum atomic E-state index is 5.67. The number of ether oxygens (including phenoxy) is 1. The lowest BCUT2D eigenvalue weighted by Gasteiger charge is -2.24. The van der Waals surface area contributed by atoms with Gasteiger partial charge in [-0.3, -0.25) is 9.89 Å². The highest BCUT2D eigenvalue weighted by Crippen LogP contribution is 2.15. The molecule has 0 amide bonds. The summed E-state index contributed by atoms with van der Waals surface area (Å²) in [5.74, 6) is 1.78. The number of likely N-dealkylation sites (tertiary alicyclic amines) is 1. The van der Waals surface area contributed by atoms with Crippen molar-refractivity contribution in [2.24, 2.45) is 4.99 Å². The first-order chi connectivity index (χ1) is 11.6. The SMILES string of the molecule is CCN1CCCC1CNC(=NC)NCc1ccc(OC(C)C)cc1. The van der Waals surface area contributed by atoms with Crippen LogP contribution in [0.25, 0.3) is 0 Å². The van der Waals surface area contributed by atoms with Gasteiger partial charge in [-0.05, 0) is 57.5 Å². The van der Waals surface area contributed by atoms with Gasteiger partial charge in [-0.15, -0.1) is 0 Å². The average molecular weight is 332 g/mol. The normalized spacial score (nSPS) is 18.9. The zero-order valence-corrected chi connectivity index (χ0v) is 15.5. The molecule has 0 aliphatic carbocycles. The van der Waals surface area contributed by atoms with Crippen LogP contribution in [0.5, 0.6) is 5.75 Å². The van der Waals surface area contributed by atoms with Gasteiger partial charge < -0.3 is 15.4 Å². The predicted octanol–water partition coefficient (Wildman–Crippen LogP) is 2.62.